The van der Waals surface area contributed by atoms with E-state index in [2.05, 4.69) is 9.88 Å². The summed E-state index contributed by atoms with van der Waals surface area (Å²) in [7, 11) is 0. The fraction of sp³-hybridized carbons (Fsp3) is 0.304. The molecule has 30 heavy (non-hydrogen) atoms. The van der Waals surface area contributed by atoms with Gasteiger partial charge in [-0.2, -0.15) is 0 Å². The van der Waals surface area contributed by atoms with E-state index in [1.807, 2.05) is 24.3 Å². The maximum atomic E-state index is 14.0. The molecule has 3 aromatic rings. The Morgan fingerprint density at radius 3 is 2.73 bits per heavy atom. The van der Waals surface area contributed by atoms with Gasteiger partial charge < -0.3 is 20.1 Å². The molecule has 0 aliphatic carbocycles. The Bertz CT molecular complexity index is 1110. The van der Waals surface area contributed by atoms with Gasteiger partial charge in [-0.3, -0.25) is 0 Å². The summed E-state index contributed by atoms with van der Waals surface area (Å²) in [6.45, 7) is 6.53. The molecule has 0 bridgehead atoms. The topological polar surface area (TPSA) is 77.7 Å². The fourth-order valence-corrected chi connectivity index (χ4v) is 3.89. The van der Waals surface area contributed by atoms with Gasteiger partial charge >= 0.3 is 5.97 Å². The van der Waals surface area contributed by atoms with Crippen molar-refractivity contribution in [2.75, 3.05) is 43.5 Å². The number of aryl methyl sites for hydroxylation is 1. The molecular formula is C23H24FN3O3. The SMILES string of the molecule is CCOC(=O)c1cc(F)cc(C)c1-c1ccc2nc(N)c(N3CCOCC3)cc2c1. The number of carbonyl (C=O) groups excluding carboxylic acids is 1. The zero-order chi connectivity index (χ0) is 21.3. The van der Waals surface area contributed by atoms with Crippen LogP contribution < -0.4 is 10.6 Å². The van der Waals surface area contributed by atoms with Crippen LogP contribution in [-0.4, -0.2) is 43.9 Å². The molecule has 4 rings (SSSR count). The normalized spacial score (nSPS) is 14.2. The minimum absolute atomic E-state index is 0.213. The Kier molecular flexibility index (Phi) is 5.55. The van der Waals surface area contributed by atoms with Crippen LogP contribution in [0.4, 0.5) is 15.9 Å². The van der Waals surface area contributed by atoms with Gasteiger partial charge in [0.05, 0.1) is 36.6 Å². The van der Waals surface area contributed by atoms with Gasteiger partial charge in [-0.25, -0.2) is 14.2 Å². The number of nitrogens with zero attached hydrogens (tertiary/aromatic N) is 2. The van der Waals surface area contributed by atoms with Crippen molar-refractivity contribution in [1.29, 1.82) is 0 Å². The van der Waals surface area contributed by atoms with E-state index in [9.17, 15) is 9.18 Å². The number of nitrogens with two attached hydrogens (primary N) is 1. The van der Waals surface area contributed by atoms with Crippen molar-refractivity contribution in [3.63, 3.8) is 0 Å². The smallest absolute Gasteiger partial charge is 0.338 e. The summed E-state index contributed by atoms with van der Waals surface area (Å²) < 4.78 is 24.6. The van der Waals surface area contributed by atoms with E-state index in [1.54, 1.807) is 13.8 Å². The van der Waals surface area contributed by atoms with E-state index in [4.69, 9.17) is 15.2 Å². The second-order valence-corrected chi connectivity index (χ2v) is 7.27. The van der Waals surface area contributed by atoms with Gasteiger partial charge in [0.15, 0.2) is 0 Å². The Hall–Kier alpha value is -3.19. The van der Waals surface area contributed by atoms with E-state index >= 15 is 0 Å². The average molecular weight is 409 g/mol. The van der Waals surface area contributed by atoms with Crippen molar-refractivity contribution in [1.82, 2.24) is 4.98 Å². The number of carbonyl (C=O) groups is 1. The minimum atomic E-state index is -0.542. The second-order valence-electron chi connectivity index (χ2n) is 7.27. The molecule has 156 valence electrons. The lowest BCUT2D eigenvalue weighted by atomic mass is 9.93. The maximum absolute atomic E-state index is 14.0. The number of nitrogen functional groups attached to an aromatic ring is 1. The summed E-state index contributed by atoms with van der Waals surface area (Å²) >= 11 is 0. The average Bonchev–Trinajstić information content (AvgIpc) is 2.73. The number of benzene rings is 2. The number of ether oxygens (including phenoxy) is 2. The summed E-state index contributed by atoms with van der Waals surface area (Å²) in [6.07, 6.45) is 0. The Labute approximate surface area is 174 Å². The molecule has 0 unspecified atom stereocenters. The van der Waals surface area contributed by atoms with Crippen LogP contribution in [0.1, 0.15) is 22.8 Å². The van der Waals surface area contributed by atoms with Gasteiger partial charge in [0.2, 0.25) is 0 Å². The summed E-state index contributed by atoms with van der Waals surface area (Å²) in [6, 6.07) is 10.3. The number of halogens is 1. The highest BCUT2D eigenvalue weighted by molar-refractivity contribution is 6.00. The molecule has 7 heteroatoms. The first-order valence-corrected chi connectivity index (χ1v) is 9.98. The molecule has 0 saturated carbocycles. The van der Waals surface area contributed by atoms with E-state index in [-0.39, 0.29) is 12.2 Å². The van der Waals surface area contributed by atoms with Crippen molar-refractivity contribution >= 4 is 28.4 Å². The fourth-order valence-electron chi connectivity index (χ4n) is 3.89. The lowest BCUT2D eigenvalue weighted by Crippen LogP contribution is -2.36. The first-order chi connectivity index (χ1) is 14.5. The molecule has 0 spiro atoms. The Morgan fingerprint density at radius 2 is 2.00 bits per heavy atom. The lowest BCUT2D eigenvalue weighted by Gasteiger charge is -2.29. The van der Waals surface area contributed by atoms with E-state index < -0.39 is 11.8 Å². The van der Waals surface area contributed by atoms with Crippen LogP contribution in [0.3, 0.4) is 0 Å². The third kappa shape index (κ3) is 3.80. The van der Waals surface area contributed by atoms with E-state index in [0.29, 0.717) is 30.2 Å². The number of pyridine rings is 1. The van der Waals surface area contributed by atoms with Crippen molar-refractivity contribution in [3.05, 3.63) is 53.3 Å². The summed E-state index contributed by atoms with van der Waals surface area (Å²) in [5.74, 6) is -0.536. The molecule has 0 radical (unpaired) electrons. The van der Waals surface area contributed by atoms with Crippen molar-refractivity contribution < 1.29 is 18.7 Å². The molecule has 2 N–H and O–H groups in total. The van der Waals surface area contributed by atoms with Crippen molar-refractivity contribution in [2.24, 2.45) is 0 Å². The summed E-state index contributed by atoms with van der Waals surface area (Å²) in [4.78, 5) is 19.2. The number of hydrogen-bond acceptors (Lipinski definition) is 6. The molecule has 1 aromatic heterocycles. The van der Waals surface area contributed by atoms with Crippen LogP contribution in [0.25, 0.3) is 22.0 Å². The monoisotopic (exact) mass is 409 g/mol. The molecule has 2 aromatic carbocycles. The predicted molar refractivity (Wildman–Crippen MR) is 115 cm³/mol. The van der Waals surface area contributed by atoms with Crippen LogP contribution in [0.15, 0.2) is 36.4 Å². The third-order valence-corrected chi connectivity index (χ3v) is 5.26. The molecule has 1 aliphatic heterocycles. The van der Waals surface area contributed by atoms with Gasteiger partial charge in [-0.15, -0.1) is 0 Å². The molecular weight excluding hydrogens is 385 g/mol. The number of esters is 1. The number of morpholine rings is 1. The van der Waals surface area contributed by atoms with Crippen LogP contribution in [0.5, 0.6) is 0 Å². The van der Waals surface area contributed by atoms with Crippen molar-refractivity contribution in [3.8, 4) is 11.1 Å². The molecule has 0 amide bonds. The van der Waals surface area contributed by atoms with Crippen LogP contribution in [0, 0.1) is 12.7 Å². The quantitative estimate of drug-likeness (QED) is 0.658. The molecule has 2 heterocycles. The number of anilines is 2. The number of aromatic nitrogens is 1. The largest absolute Gasteiger partial charge is 0.462 e. The van der Waals surface area contributed by atoms with Crippen LogP contribution in [0.2, 0.25) is 0 Å². The van der Waals surface area contributed by atoms with E-state index in [1.165, 1.54) is 12.1 Å². The summed E-state index contributed by atoms with van der Waals surface area (Å²) in [5.41, 5.74) is 10.2. The molecule has 1 saturated heterocycles. The highest BCUT2D eigenvalue weighted by Crippen LogP contribution is 2.34. The van der Waals surface area contributed by atoms with Gasteiger partial charge in [0.25, 0.3) is 0 Å². The predicted octanol–water partition coefficient (Wildman–Crippen LogP) is 3.94. The standard InChI is InChI=1S/C23H24FN3O3/c1-3-30-23(28)18-13-17(24)10-14(2)21(18)15-4-5-19-16(11-15)12-20(22(25)26-19)27-6-8-29-9-7-27/h4-5,10-13H,3,6-9H2,1-2H3,(H2,25,26). The zero-order valence-electron chi connectivity index (χ0n) is 17.1. The molecule has 0 atom stereocenters. The van der Waals surface area contributed by atoms with E-state index in [0.717, 1.165) is 35.2 Å². The maximum Gasteiger partial charge on any atom is 0.338 e. The van der Waals surface area contributed by atoms with Gasteiger partial charge in [0.1, 0.15) is 11.6 Å². The van der Waals surface area contributed by atoms with Crippen molar-refractivity contribution in [2.45, 2.75) is 13.8 Å². The van der Waals surface area contributed by atoms with Crippen LogP contribution >= 0.6 is 0 Å². The third-order valence-electron chi connectivity index (χ3n) is 5.26. The Balaban J connectivity index is 1.84. The second kappa shape index (κ2) is 8.28. The Morgan fingerprint density at radius 1 is 1.23 bits per heavy atom. The lowest BCUT2D eigenvalue weighted by molar-refractivity contribution is 0.0526. The first kappa shape index (κ1) is 20.1. The molecule has 1 aliphatic rings. The van der Waals surface area contributed by atoms with Gasteiger partial charge in [-0.1, -0.05) is 6.07 Å². The van der Waals surface area contributed by atoms with Gasteiger partial charge in [0, 0.05) is 18.5 Å². The first-order valence-electron chi connectivity index (χ1n) is 9.98. The molecule has 1 fully saturated rings. The molecule has 6 nitrogen and oxygen atoms in total. The number of rotatable bonds is 4. The minimum Gasteiger partial charge on any atom is -0.462 e. The zero-order valence-corrected chi connectivity index (χ0v) is 17.1. The van der Waals surface area contributed by atoms with Crippen LogP contribution in [-0.2, 0) is 9.47 Å². The van der Waals surface area contributed by atoms with Gasteiger partial charge in [-0.05, 0) is 60.9 Å². The highest BCUT2D eigenvalue weighted by atomic mass is 19.1. The number of hydrogen-bond donors (Lipinski definition) is 1. The highest BCUT2D eigenvalue weighted by Gasteiger charge is 2.20. The number of fused-ring (bicyclic) bond motifs is 1. The summed E-state index contributed by atoms with van der Waals surface area (Å²) in [5, 5.41) is 0.890.